The van der Waals surface area contributed by atoms with Crippen molar-refractivity contribution in [3.05, 3.63) is 84.4 Å². The van der Waals surface area contributed by atoms with Crippen LogP contribution in [0.3, 0.4) is 0 Å². The summed E-state index contributed by atoms with van der Waals surface area (Å²) in [5.74, 6) is -0.710. The summed E-state index contributed by atoms with van der Waals surface area (Å²) in [7, 11) is 0. The van der Waals surface area contributed by atoms with Gasteiger partial charge in [0.1, 0.15) is 12.2 Å². The lowest BCUT2D eigenvalue weighted by Gasteiger charge is -2.29. The Hall–Kier alpha value is -2.88. The van der Waals surface area contributed by atoms with Crippen LogP contribution in [0.2, 0.25) is 0 Å². The van der Waals surface area contributed by atoms with Crippen LogP contribution in [0.4, 0.5) is 0 Å². The number of benzene rings is 2. The van der Waals surface area contributed by atoms with E-state index in [4.69, 9.17) is 9.47 Å². The quantitative estimate of drug-likeness (QED) is 0.194. The van der Waals surface area contributed by atoms with E-state index in [0.717, 1.165) is 12.8 Å². The van der Waals surface area contributed by atoms with Crippen LogP contribution in [0.5, 0.6) is 0 Å². The molecule has 0 bridgehead atoms. The number of carbonyl (C=O) groups excluding carboxylic acids is 2. The fourth-order valence-corrected chi connectivity index (χ4v) is 4.27. The molecular formula is C32H46O4. The molecular weight excluding hydrogens is 448 g/mol. The van der Waals surface area contributed by atoms with Crippen molar-refractivity contribution in [3.63, 3.8) is 0 Å². The van der Waals surface area contributed by atoms with E-state index < -0.39 is 0 Å². The Morgan fingerprint density at radius 1 is 0.833 bits per heavy atom. The van der Waals surface area contributed by atoms with Crippen LogP contribution >= 0.6 is 0 Å². The molecule has 0 amide bonds. The first-order valence-electron chi connectivity index (χ1n) is 13.5. The molecule has 2 aromatic carbocycles. The summed E-state index contributed by atoms with van der Waals surface area (Å²) in [6.07, 6.45) is 9.94. The number of hydrogen-bond donors (Lipinski definition) is 0. The molecule has 0 aromatic heterocycles. The molecule has 2 aromatic rings. The highest BCUT2D eigenvalue weighted by Crippen LogP contribution is 2.35. The van der Waals surface area contributed by atoms with Gasteiger partial charge in [0, 0.05) is 6.42 Å². The van der Waals surface area contributed by atoms with Crippen molar-refractivity contribution in [1.82, 2.24) is 0 Å². The molecule has 0 aliphatic heterocycles. The van der Waals surface area contributed by atoms with Crippen LogP contribution < -0.4 is 0 Å². The van der Waals surface area contributed by atoms with Gasteiger partial charge in [-0.2, -0.15) is 0 Å². The van der Waals surface area contributed by atoms with Crippen molar-refractivity contribution in [2.45, 2.75) is 98.2 Å². The molecule has 0 heterocycles. The minimum atomic E-state index is -0.363. The maximum absolute atomic E-state index is 12.2. The van der Waals surface area contributed by atoms with Crippen LogP contribution in [0.15, 0.2) is 73.3 Å². The van der Waals surface area contributed by atoms with Crippen LogP contribution in [-0.2, 0) is 9.47 Å². The highest BCUT2D eigenvalue weighted by Gasteiger charge is 2.22. The molecule has 0 saturated heterocycles. The van der Waals surface area contributed by atoms with Crippen LogP contribution in [-0.4, -0.2) is 24.1 Å². The number of ether oxygens (including phenoxy) is 2. The zero-order chi connectivity index (χ0) is 26.8. The van der Waals surface area contributed by atoms with Crippen LogP contribution in [0.1, 0.15) is 107 Å². The van der Waals surface area contributed by atoms with Crippen LogP contribution in [0, 0.1) is 5.41 Å². The fraction of sp³-hybridized carbons (Fsp3) is 0.500. The maximum Gasteiger partial charge on any atom is 0.338 e. The number of rotatable bonds is 14. The Bertz CT molecular complexity index is 863. The number of carbonyl (C=O) groups is 2. The van der Waals surface area contributed by atoms with Gasteiger partial charge in [-0.1, -0.05) is 95.9 Å². The molecule has 198 valence electrons. The second-order valence-corrected chi connectivity index (χ2v) is 9.39. The molecule has 0 aliphatic rings. The van der Waals surface area contributed by atoms with E-state index in [2.05, 4.69) is 27.4 Å². The van der Waals surface area contributed by atoms with Crippen molar-refractivity contribution in [2.75, 3.05) is 0 Å². The Morgan fingerprint density at radius 3 is 1.72 bits per heavy atom. The van der Waals surface area contributed by atoms with Gasteiger partial charge in [0.05, 0.1) is 11.1 Å². The van der Waals surface area contributed by atoms with Gasteiger partial charge in [-0.15, -0.1) is 6.58 Å². The minimum Gasteiger partial charge on any atom is -0.459 e. The molecule has 4 nitrogen and oxygen atoms in total. The average Bonchev–Trinajstić information content (AvgIpc) is 2.91. The molecule has 2 atom stereocenters. The highest BCUT2D eigenvalue weighted by molar-refractivity contribution is 5.90. The lowest BCUT2D eigenvalue weighted by molar-refractivity contribution is 0.00162. The van der Waals surface area contributed by atoms with Gasteiger partial charge < -0.3 is 9.47 Å². The highest BCUT2D eigenvalue weighted by atomic mass is 16.6. The first kappa shape index (κ1) is 31.2. The Morgan fingerprint density at radius 2 is 1.31 bits per heavy atom. The topological polar surface area (TPSA) is 52.6 Å². The molecule has 0 fully saturated rings. The summed E-state index contributed by atoms with van der Waals surface area (Å²) in [6.45, 7) is 14.5. The van der Waals surface area contributed by atoms with E-state index in [0.29, 0.717) is 23.0 Å². The summed E-state index contributed by atoms with van der Waals surface area (Å²) in [5, 5.41) is 0. The Balaban J connectivity index is 0.000000497. The van der Waals surface area contributed by atoms with Gasteiger partial charge in [-0.05, 0) is 55.9 Å². The smallest absolute Gasteiger partial charge is 0.338 e. The van der Waals surface area contributed by atoms with E-state index in [1.54, 1.807) is 48.5 Å². The fourth-order valence-electron chi connectivity index (χ4n) is 4.27. The first-order valence-corrected chi connectivity index (χ1v) is 13.5. The second kappa shape index (κ2) is 17.5. The molecule has 0 radical (unpaired) electrons. The molecule has 0 N–H and O–H groups in total. The maximum atomic E-state index is 12.2. The molecule has 0 aliphatic carbocycles. The van der Waals surface area contributed by atoms with Crippen molar-refractivity contribution >= 4 is 11.9 Å². The zero-order valence-corrected chi connectivity index (χ0v) is 23.0. The summed E-state index contributed by atoms with van der Waals surface area (Å²) >= 11 is 0. The predicted octanol–water partition coefficient (Wildman–Crippen LogP) is 8.82. The summed E-state index contributed by atoms with van der Waals surface area (Å²) in [5.41, 5.74) is 1.65. The molecule has 36 heavy (non-hydrogen) atoms. The van der Waals surface area contributed by atoms with Crippen molar-refractivity contribution < 1.29 is 19.1 Å². The van der Waals surface area contributed by atoms with E-state index in [1.165, 1.54) is 32.1 Å². The standard InChI is InChI=1S/C21H24O4.C11H22/c1-3-10-19(25-21(23)18-13-8-5-9-14-18)15-16(2)24-20(22)17-11-6-4-7-12-17;1-5-9-10-11(6-2,7-3)8-4/h4-9,11-14,16,19H,3,10,15H2,1-2H3;5H,1,6-10H2,2-4H3. The van der Waals surface area contributed by atoms with Gasteiger partial charge in [0.15, 0.2) is 0 Å². The number of hydrogen-bond acceptors (Lipinski definition) is 4. The monoisotopic (exact) mass is 494 g/mol. The molecule has 2 unspecified atom stereocenters. The molecule has 0 saturated carbocycles. The third kappa shape index (κ3) is 11.2. The van der Waals surface area contributed by atoms with Gasteiger partial charge in [0.25, 0.3) is 0 Å². The van der Waals surface area contributed by atoms with E-state index in [-0.39, 0.29) is 24.1 Å². The summed E-state index contributed by atoms with van der Waals surface area (Å²) in [4.78, 5) is 24.3. The largest absolute Gasteiger partial charge is 0.459 e. The number of allylic oxidation sites excluding steroid dienone is 1. The third-order valence-electron chi connectivity index (χ3n) is 6.94. The average molecular weight is 495 g/mol. The summed E-state index contributed by atoms with van der Waals surface area (Å²) < 4.78 is 11.1. The van der Waals surface area contributed by atoms with E-state index in [9.17, 15) is 9.59 Å². The van der Waals surface area contributed by atoms with Crippen molar-refractivity contribution in [3.8, 4) is 0 Å². The van der Waals surface area contributed by atoms with Crippen molar-refractivity contribution in [2.24, 2.45) is 5.41 Å². The van der Waals surface area contributed by atoms with Gasteiger partial charge in [-0.25, -0.2) is 9.59 Å². The molecule has 4 heteroatoms. The van der Waals surface area contributed by atoms with Gasteiger partial charge >= 0.3 is 11.9 Å². The lowest BCUT2D eigenvalue weighted by Crippen LogP contribution is -2.25. The van der Waals surface area contributed by atoms with E-state index >= 15 is 0 Å². The first-order chi connectivity index (χ1) is 17.3. The Labute approximate surface area is 219 Å². The molecule has 0 spiro atoms. The van der Waals surface area contributed by atoms with E-state index in [1.807, 2.05) is 32.1 Å². The van der Waals surface area contributed by atoms with Gasteiger partial charge in [-0.3, -0.25) is 0 Å². The predicted molar refractivity (Wildman–Crippen MR) is 149 cm³/mol. The lowest BCUT2D eigenvalue weighted by atomic mass is 9.76. The zero-order valence-electron chi connectivity index (χ0n) is 23.0. The SMILES string of the molecule is C=CCCC(CC)(CC)CC.CCCC(CC(C)OC(=O)c1ccccc1)OC(=O)c1ccccc1. The van der Waals surface area contributed by atoms with Gasteiger partial charge in [0.2, 0.25) is 0 Å². The van der Waals surface area contributed by atoms with Crippen LogP contribution in [0.25, 0.3) is 0 Å². The minimum absolute atomic E-state index is 0.281. The number of esters is 2. The normalized spacial score (nSPS) is 12.5. The van der Waals surface area contributed by atoms with Crippen molar-refractivity contribution in [1.29, 1.82) is 0 Å². The third-order valence-corrected chi connectivity index (χ3v) is 6.94. The second-order valence-electron chi connectivity index (χ2n) is 9.39. The Kier molecular flexibility index (Phi) is 15.2. The molecule has 2 rings (SSSR count). The summed E-state index contributed by atoms with van der Waals surface area (Å²) in [6, 6.07) is 17.8.